The van der Waals surface area contributed by atoms with Crippen LogP contribution in [-0.4, -0.2) is 31.2 Å². The zero-order valence-electron chi connectivity index (χ0n) is 7.72. The Balaban J connectivity index is 3.57. The molecule has 0 unspecified atom stereocenters. The van der Waals surface area contributed by atoms with E-state index in [2.05, 4.69) is 10.9 Å². The van der Waals surface area contributed by atoms with Crippen LogP contribution in [0.1, 0.15) is 13.8 Å². The van der Waals surface area contributed by atoms with Gasteiger partial charge in [0.15, 0.2) is 0 Å². The molecule has 0 atom stereocenters. The van der Waals surface area contributed by atoms with E-state index in [1.165, 1.54) is 0 Å². The fourth-order valence-electron chi connectivity index (χ4n) is 0.669. The van der Waals surface area contributed by atoms with E-state index >= 15 is 0 Å². The Bertz CT molecular complexity index is 141. The maximum Gasteiger partial charge on any atom is 0.252 e. The molecule has 72 valence electrons. The Morgan fingerprint density at radius 2 is 2.17 bits per heavy atom. The standard InChI is InChI=1S/C7H16FN3O/c1-6(2)7(12)11(8)5-4-10-9-3/h6,9-10H,4-5H2,1-3H3. The number of carbonyl (C=O) groups excluding carboxylic acids is 1. The van der Waals surface area contributed by atoms with E-state index in [9.17, 15) is 9.28 Å². The highest BCUT2D eigenvalue weighted by molar-refractivity contribution is 5.76. The molecule has 0 saturated carbocycles. The van der Waals surface area contributed by atoms with Gasteiger partial charge >= 0.3 is 0 Å². The number of rotatable bonds is 5. The van der Waals surface area contributed by atoms with E-state index in [1.54, 1.807) is 20.9 Å². The van der Waals surface area contributed by atoms with Gasteiger partial charge in [-0.15, -0.1) is 0 Å². The van der Waals surface area contributed by atoms with Crippen LogP contribution in [0.4, 0.5) is 4.48 Å². The predicted octanol–water partition coefficient (Wildman–Crippen LogP) is 0.0795. The lowest BCUT2D eigenvalue weighted by molar-refractivity contribution is -0.149. The van der Waals surface area contributed by atoms with E-state index in [4.69, 9.17) is 0 Å². The van der Waals surface area contributed by atoms with Crippen LogP contribution in [0, 0.1) is 5.92 Å². The van der Waals surface area contributed by atoms with Crippen molar-refractivity contribution >= 4 is 5.91 Å². The van der Waals surface area contributed by atoms with E-state index in [0.29, 0.717) is 6.54 Å². The molecule has 12 heavy (non-hydrogen) atoms. The van der Waals surface area contributed by atoms with Gasteiger partial charge in [0.2, 0.25) is 0 Å². The Labute approximate surface area is 72.0 Å². The summed E-state index contributed by atoms with van der Waals surface area (Å²) in [6.07, 6.45) is 0. The molecule has 0 spiro atoms. The number of halogens is 1. The molecule has 0 fully saturated rings. The van der Waals surface area contributed by atoms with Gasteiger partial charge in [-0.2, -0.15) is 5.12 Å². The first-order chi connectivity index (χ1) is 5.59. The molecular formula is C7H16FN3O. The lowest BCUT2D eigenvalue weighted by atomic mass is 10.2. The van der Waals surface area contributed by atoms with Crippen LogP contribution in [0.5, 0.6) is 0 Å². The molecule has 0 aliphatic rings. The van der Waals surface area contributed by atoms with Gasteiger partial charge < -0.3 is 0 Å². The molecule has 0 rings (SSSR count). The number of hydrogen-bond acceptors (Lipinski definition) is 3. The molecule has 2 N–H and O–H groups in total. The summed E-state index contributed by atoms with van der Waals surface area (Å²) in [6, 6.07) is 0. The second-order valence-corrected chi connectivity index (χ2v) is 2.76. The van der Waals surface area contributed by atoms with Crippen LogP contribution >= 0.6 is 0 Å². The molecule has 0 aliphatic heterocycles. The Morgan fingerprint density at radius 3 is 2.58 bits per heavy atom. The van der Waals surface area contributed by atoms with E-state index in [0.717, 1.165) is 0 Å². The summed E-state index contributed by atoms with van der Waals surface area (Å²) in [7, 11) is 1.69. The first-order valence-corrected chi connectivity index (χ1v) is 3.96. The monoisotopic (exact) mass is 177 g/mol. The highest BCUT2D eigenvalue weighted by atomic mass is 19.2. The van der Waals surface area contributed by atoms with E-state index < -0.39 is 5.91 Å². The van der Waals surface area contributed by atoms with Crippen molar-refractivity contribution in [3.63, 3.8) is 0 Å². The average Bonchev–Trinajstić information content (AvgIpc) is 2.03. The third-order valence-electron chi connectivity index (χ3n) is 1.34. The lowest BCUT2D eigenvalue weighted by Gasteiger charge is -2.13. The number of amides is 1. The summed E-state index contributed by atoms with van der Waals surface area (Å²) < 4.78 is 12.8. The van der Waals surface area contributed by atoms with Gasteiger partial charge in [0, 0.05) is 12.5 Å². The smallest absolute Gasteiger partial charge is 0.252 e. The zero-order valence-corrected chi connectivity index (χ0v) is 7.72. The van der Waals surface area contributed by atoms with Crippen molar-refractivity contribution < 1.29 is 9.28 Å². The van der Waals surface area contributed by atoms with Gasteiger partial charge in [-0.05, 0) is 7.05 Å². The molecule has 0 radical (unpaired) electrons. The molecule has 0 bridgehead atoms. The molecule has 5 heteroatoms. The summed E-state index contributed by atoms with van der Waals surface area (Å²) in [5.74, 6) is -0.766. The first-order valence-electron chi connectivity index (χ1n) is 3.96. The SMILES string of the molecule is CNNCCN(F)C(=O)C(C)C. The van der Waals surface area contributed by atoms with Crippen molar-refractivity contribution in [3.05, 3.63) is 0 Å². The van der Waals surface area contributed by atoms with Crippen LogP contribution < -0.4 is 10.9 Å². The van der Waals surface area contributed by atoms with Gasteiger partial charge in [0.1, 0.15) is 0 Å². The van der Waals surface area contributed by atoms with Crippen molar-refractivity contribution in [1.82, 2.24) is 16.0 Å². The van der Waals surface area contributed by atoms with Crippen molar-refractivity contribution in [2.24, 2.45) is 5.92 Å². The van der Waals surface area contributed by atoms with Crippen molar-refractivity contribution in [2.75, 3.05) is 20.1 Å². The summed E-state index contributed by atoms with van der Waals surface area (Å²) in [6.45, 7) is 3.80. The minimum Gasteiger partial charge on any atom is -0.272 e. The Morgan fingerprint density at radius 1 is 1.58 bits per heavy atom. The van der Waals surface area contributed by atoms with E-state index in [-0.39, 0.29) is 17.6 Å². The van der Waals surface area contributed by atoms with Crippen LogP contribution in [0.15, 0.2) is 0 Å². The Hall–Kier alpha value is -0.680. The van der Waals surface area contributed by atoms with Crippen molar-refractivity contribution in [2.45, 2.75) is 13.8 Å². The highest BCUT2D eigenvalue weighted by Crippen LogP contribution is 2.00. The second-order valence-electron chi connectivity index (χ2n) is 2.76. The molecular weight excluding hydrogens is 161 g/mol. The van der Waals surface area contributed by atoms with Crippen LogP contribution in [0.3, 0.4) is 0 Å². The molecule has 0 aromatic carbocycles. The molecule has 0 aromatic rings. The summed E-state index contributed by atoms with van der Waals surface area (Å²) >= 11 is 0. The van der Waals surface area contributed by atoms with Gasteiger partial charge in [-0.25, -0.2) is 0 Å². The maximum atomic E-state index is 12.8. The first kappa shape index (κ1) is 11.3. The molecule has 0 heterocycles. The quantitative estimate of drug-likeness (QED) is 0.355. The topological polar surface area (TPSA) is 44.4 Å². The van der Waals surface area contributed by atoms with Crippen LogP contribution in [-0.2, 0) is 4.79 Å². The molecule has 4 nitrogen and oxygen atoms in total. The average molecular weight is 177 g/mol. The lowest BCUT2D eigenvalue weighted by Crippen LogP contribution is -2.37. The highest BCUT2D eigenvalue weighted by Gasteiger charge is 2.15. The molecule has 0 saturated heterocycles. The Kier molecular flexibility index (Phi) is 5.57. The number of hydrazine groups is 1. The van der Waals surface area contributed by atoms with Crippen molar-refractivity contribution in [1.29, 1.82) is 0 Å². The van der Waals surface area contributed by atoms with E-state index in [1.807, 2.05) is 0 Å². The minimum absolute atomic E-state index is 0.0673. The maximum absolute atomic E-state index is 12.8. The summed E-state index contributed by atoms with van der Waals surface area (Å²) in [4.78, 5) is 10.9. The van der Waals surface area contributed by atoms with Gasteiger partial charge in [0.05, 0.1) is 6.54 Å². The fourth-order valence-corrected chi connectivity index (χ4v) is 0.669. The summed E-state index contributed by atoms with van der Waals surface area (Å²) in [5, 5.41) is 0.231. The van der Waals surface area contributed by atoms with Crippen LogP contribution in [0.25, 0.3) is 0 Å². The van der Waals surface area contributed by atoms with Gasteiger partial charge in [-0.3, -0.25) is 15.6 Å². The fraction of sp³-hybridized carbons (Fsp3) is 0.857. The third kappa shape index (κ3) is 4.25. The third-order valence-corrected chi connectivity index (χ3v) is 1.34. The van der Waals surface area contributed by atoms with Gasteiger partial charge in [0.25, 0.3) is 5.91 Å². The minimum atomic E-state index is -0.479. The number of nitrogens with zero attached hydrogens (tertiary/aromatic N) is 1. The predicted molar refractivity (Wildman–Crippen MR) is 44.7 cm³/mol. The number of carbonyl (C=O) groups is 1. The normalized spacial score (nSPS) is 10.4. The number of hydrogen-bond donors (Lipinski definition) is 2. The van der Waals surface area contributed by atoms with Crippen molar-refractivity contribution in [3.8, 4) is 0 Å². The largest absolute Gasteiger partial charge is 0.272 e. The van der Waals surface area contributed by atoms with Crippen LogP contribution in [0.2, 0.25) is 0 Å². The molecule has 0 aliphatic carbocycles. The molecule has 0 aromatic heterocycles. The summed E-state index contributed by atoms with van der Waals surface area (Å²) in [5.41, 5.74) is 5.33. The molecule has 1 amide bonds. The van der Waals surface area contributed by atoms with Gasteiger partial charge in [-0.1, -0.05) is 18.3 Å². The second kappa shape index (κ2) is 5.91. The number of nitrogens with one attached hydrogen (secondary N) is 2. The zero-order chi connectivity index (χ0) is 9.56.